The molecule has 110 valence electrons. The summed E-state index contributed by atoms with van der Waals surface area (Å²) in [6, 6.07) is 9.31. The third-order valence-electron chi connectivity index (χ3n) is 5.70. The van der Waals surface area contributed by atoms with Gasteiger partial charge in [0.1, 0.15) is 0 Å². The van der Waals surface area contributed by atoms with Gasteiger partial charge in [-0.1, -0.05) is 51.0 Å². The zero-order chi connectivity index (χ0) is 14.2. The van der Waals surface area contributed by atoms with Crippen LogP contribution in [0.5, 0.6) is 0 Å². The Balaban J connectivity index is 1.68. The first-order valence-corrected chi connectivity index (χ1v) is 8.44. The van der Waals surface area contributed by atoms with Crippen molar-refractivity contribution in [3.05, 3.63) is 35.4 Å². The van der Waals surface area contributed by atoms with E-state index in [-0.39, 0.29) is 0 Å². The van der Waals surface area contributed by atoms with Gasteiger partial charge in [0.25, 0.3) is 0 Å². The van der Waals surface area contributed by atoms with E-state index in [1.807, 2.05) is 0 Å². The molecule has 1 heteroatoms. The molecule has 1 aromatic rings. The van der Waals surface area contributed by atoms with E-state index in [1.54, 1.807) is 11.1 Å². The first-order valence-electron chi connectivity index (χ1n) is 8.44. The van der Waals surface area contributed by atoms with Gasteiger partial charge in [0.2, 0.25) is 0 Å². The molecule has 2 atom stereocenters. The molecule has 2 N–H and O–H groups in total. The van der Waals surface area contributed by atoms with Crippen molar-refractivity contribution >= 4 is 0 Å². The van der Waals surface area contributed by atoms with Gasteiger partial charge in [0.15, 0.2) is 0 Å². The van der Waals surface area contributed by atoms with Gasteiger partial charge in [-0.25, -0.2) is 0 Å². The molecule has 1 saturated carbocycles. The van der Waals surface area contributed by atoms with Crippen molar-refractivity contribution in [2.75, 3.05) is 0 Å². The normalized spacial score (nSPS) is 25.3. The second-order valence-electron chi connectivity index (χ2n) is 7.61. The van der Waals surface area contributed by atoms with Crippen LogP contribution in [0, 0.1) is 11.3 Å². The Morgan fingerprint density at radius 3 is 2.55 bits per heavy atom. The van der Waals surface area contributed by atoms with Crippen LogP contribution in [0.1, 0.15) is 69.4 Å². The van der Waals surface area contributed by atoms with Crippen LogP contribution in [-0.4, -0.2) is 6.04 Å². The lowest BCUT2D eigenvalue weighted by molar-refractivity contribution is 0.167. The Morgan fingerprint density at radius 2 is 1.90 bits per heavy atom. The molecule has 1 aromatic carbocycles. The Bertz CT molecular complexity index is 457. The van der Waals surface area contributed by atoms with Crippen LogP contribution >= 0.6 is 0 Å². The average Bonchev–Trinajstić information content (AvgIpc) is 2.84. The molecule has 1 fully saturated rings. The topological polar surface area (TPSA) is 26.0 Å². The molecule has 0 aliphatic heterocycles. The van der Waals surface area contributed by atoms with Crippen LogP contribution in [0.3, 0.4) is 0 Å². The van der Waals surface area contributed by atoms with E-state index in [4.69, 9.17) is 5.73 Å². The van der Waals surface area contributed by atoms with E-state index >= 15 is 0 Å². The predicted octanol–water partition coefficient (Wildman–Crippen LogP) is 4.65. The Kier molecular flexibility index (Phi) is 3.90. The van der Waals surface area contributed by atoms with Gasteiger partial charge >= 0.3 is 0 Å². The van der Waals surface area contributed by atoms with Crippen LogP contribution in [0.4, 0.5) is 0 Å². The largest absolute Gasteiger partial charge is 0.327 e. The Hall–Kier alpha value is -0.820. The first-order chi connectivity index (χ1) is 9.61. The molecule has 20 heavy (non-hydrogen) atoms. The van der Waals surface area contributed by atoms with Gasteiger partial charge < -0.3 is 5.73 Å². The number of hydrogen-bond acceptors (Lipinski definition) is 1. The van der Waals surface area contributed by atoms with Crippen molar-refractivity contribution < 1.29 is 0 Å². The van der Waals surface area contributed by atoms with Crippen LogP contribution in [0.15, 0.2) is 24.3 Å². The molecule has 0 aromatic heterocycles. The molecule has 0 spiro atoms. The molecule has 0 heterocycles. The quantitative estimate of drug-likeness (QED) is 0.829. The summed E-state index contributed by atoms with van der Waals surface area (Å²) in [4.78, 5) is 0. The zero-order valence-electron chi connectivity index (χ0n) is 13.1. The van der Waals surface area contributed by atoms with E-state index < -0.39 is 0 Å². The van der Waals surface area contributed by atoms with Crippen molar-refractivity contribution in [1.82, 2.24) is 0 Å². The summed E-state index contributed by atoms with van der Waals surface area (Å²) >= 11 is 0. The lowest BCUT2D eigenvalue weighted by Crippen LogP contribution is -2.43. The lowest BCUT2D eigenvalue weighted by atomic mass is 9.66. The number of hydrogen-bond donors (Lipinski definition) is 1. The fourth-order valence-corrected chi connectivity index (χ4v) is 4.75. The molecule has 0 bridgehead atoms. The number of benzene rings is 1. The highest BCUT2D eigenvalue weighted by Gasteiger charge is 2.41. The highest BCUT2D eigenvalue weighted by molar-refractivity contribution is 5.40. The third kappa shape index (κ3) is 2.53. The summed E-state index contributed by atoms with van der Waals surface area (Å²) in [6.45, 7) is 4.71. The van der Waals surface area contributed by atoms with Gasteiger partial charge in [0.05, 0.1) is 0 Å². The van der Waals surface area contributed by atoms with Gasteiger partial charge in [-0.3, -0.25) is 0 Å². The fourth-order valence-electron chi connectivity index (χ4n) is 4.75. The minimum Gasteiger partial charge on any atom is -0.327 e. The van der Waals surface area contributed by atoms with Crippen molar-refractivity contribution in [1.29, 1.82) is 0 Å². The minimum absolute atomic E-state index is 0.394. The molecule has 0 radical (unpaired) electrons. The zero-order valence-corrected chi connectivity index (χ0v) is 13.1. The second kappa shape index (κ2) is 5.52. The monoisotopic (exact) mass is 271 g/mol. The third-order valence-corrected chi connectivity index (χ3v) is 5.70. The molecule has 0 amide bonds. The van der Waals surface area contributed by atoms with E-state index in [9.17, 15) is 0 Å². The van der Waals surface area contributed by atoms with Gasteiger partial charge in [-0.05, 0) is 60.5 Å². The smallest absolute Gasteiger partial charge is 0.0102 e. The number of nitrogens with two attached hydrogens (primary N) is 1. The standard InChI is InChI=1S/C19H29N/c1-14(2)13-19(9-5-6-10-19)18(20)12-16-11-15-7-3-4-8-17(15)16/h3-4,7-8,14,16,18H,5-6,9-13,20H2,1-2H3. The van der Waals surface area contributed by atoms with E-state index in [1.165, 1.54) is 44.9 Å². The molecule has 3 rings (SSSR count). The summed E-state index contributed by atoms with van der Waals surface area (Å²) in [7, 11) is 0. The Morgan fingerprint density at radius 1 is 1.20 bits per heavy atom. The van der Waals surface area contributed by atoms with Crippen LogP contribution in [0.2, 0.25) is 0 Å². The summed E-state index contributed by atoms with van der Waals surface area (Å²) < 4.78 is 0. The maximum absolute atomic E-state index is 6.73. The highest BCUT2D eigenvalue weighted by atomic mass is 14.7. The molecule has 0 saturated heterocycles. The van der Waals surface area contributed by atoms with Crippen molar-refractivity contribution in [3.8, 4) is 0 Å². The van der Waals surface area contributed by atoms with Gasteiger partial charge in [0, 0.05) is 6.04 Å². The van der Waals surface area contributed by atoms with Crippen LogP contribution in [0.25, 0.3) is 0 Å². The van der Waals surface area contributed by atoms with Crippen LogP contribution in [-0.2, 0) is 6.42 Å². The minimum atomic E-state index is 0.394. The van der Waals surface area contributed by atoms with Gasteiger partial charge in [-0.15, -0.1) is 0 Å². The van der Waals surface area contributed by atoms with Crippen molar-refractivity contribution in [2.45, 2.75) is 70.8 Å². The predicted molar refractivity (Wildman–Crippen MR) is 85.8 cm³/mol. The van der Waals surface area contributed by atoms with Gasteiger partial charge in [-0.2, -0.15) is 0 Å². The fraction of sp³-hybridized carbons (Fsp3) is 0.684. The first kappa shape index (κ1) is 14.1. The molecular formula is C19H29N. The molecular weight excluding hydrogens is 242 g/mol. The summed E-state index contributed by atoms with van der Waals surface area (Å²) in [6.07, 6.45) is 9.28. The van der Waals surface area contributed by atoms with E-state index in [0.29, 0.717) is 11.5 Å². The maximum Gasteiger partial charge on any atom is 0.0102 e. The highest BCUT2D eigenvalue weighted by Crippen LogP contribution is 2.49. The summed E-state index contributed by atoms with van der Waals surface area (Å²) in [5, 5.41) is 0. The maximum atomic E-state index is 6.73. The van der Waals surface area contributed by atoms with E-state index in [2.05, 4.69) is 38.1 Å². The van der Waals surface area contributed by atoms with E-state index in [0.717, 1.165) is 11.8 Å². The van der Waals surface area contributed by atoms with Crippen LogP contribution < -0.4 is 5.73 Å². The van der Waals surface area contributed by atoms with Crippen molar-refractivity contribution in [3.63, 3.8) is 0 Å². The molecule has 1 nitrogen and oxygen atoms in total. The van der Waals surface area contributed by atoms with Crippen molar-refractivity contribution in [2.24, 2.45) is 17.1 Å². The number of rotatable bonds is 5. The molecule has 2 aliphatic rings. The average molecular weight is 271 g/mol. The molecule has 2 aliphatic carbocycles. The Labute approximate surface area is 124 Å². The second-order valence-corrected chi connectivity index (χ2v) is 7.61. The SMILES string of the molecule is CC(C)CC1(C(N)CC2Cc3ccccc32)CCCC1. The lowest BCUT2D eigenvalue weighted by Gasteiger charge is -2.41. The molecule has 2 unspecified atom stereocenters. The number of fused-ring (bicyclic) bond motifs is 1. The summed E-state index contributed by atoms with van der Waals surface area (Å²) in [5.41, 5.74) is 10.3. The summed E-state index contributed by atoms with van der Waals surface area (Å²) in [5.74, 6) is 1.50.